The van der Waals surface area contributed by atoms with Crippen molar-refractivity contribution in [3.63, 3.8) is 0 Å². The molecule has 0 unspecified atom stereocenters. The Kier molecular flexibility index (Phi) is 6.76. The van der Waals surface area contributed by atoms with Crippen LogP contribution in [-0.2, 0) is 6.18 Å². The number of piperidine rings is 1. The molecule has 1 aliphatic heterocycles. The number of aryl methyl sites for hydroxylation is 1. The highest BCUT2D eigenvalue weighted by Gasteiger charge is 2.46. The number of amides is 1. The molecular weight excluding hydrogens is 489 g/mol. The Morgan fingerprint density at radius 2 is 1.86 bits per heavy atom. The summed E-state index contributed by atoms with van der Waals surface area (Å²) in [6.45, 7) is 2.57. The number of aromatic nitrogens is 3. The van der Waals surface area contributed by atoms with Crippen molar-refractivity contribution < 1.29 is 26.7 Å². The molecule has 4 rings (SSSR count). The summed E-state index contributed by atoms with van der Waals surface area (Å²) in [4.78, 5) is 26.8. The third-order valence-electron chi connectivity index (χ3n) is 5.76. The SMILES string of the molecule is Cc1nc(-c2ccccc2)c(C(=O)N2CC(F)(F)C[C@@H](C)[C@H]2CNc2ncc(C(F)(F)F)cn2)s1. The number of carbonyl (C=O) groups excluding carboxylic acids is 1. The monoisotopic (exact) mass is 511 g/mol. The lowest BCUT2D eigenvalue weighted by Gasteiger charge is -2.43. The number of likely N-dealkylation sites (tertiary alicyclic amines) is 1. The lowest BCUT2D eigenvalue weighted by Crippen LogP contribution is -2.57. The van der Waals surface area contributed by atoms with Crippen molar-refractivity contribution in [3.05, 3.63) is 58.2 Å². The smallest absolute Gasteiger partial charge is 0.352 e. The van der Waals surface area contributed by atoms with E-state index in [2.05, 4.69) is 20.3 Å². The number of anilines is 1. The minimum absolute atomic E-state index is 0.00714. The molecule has 186 valence electrons. The van der Waals surface area contributed by atoms with E-state index < -0.39 is 48.5 Å². The highest BCUT2D eigenvalue weighted by Crippen LogP contribution is 2.37. The maximum absolute atomic E-state index is 14.5. The first kappa shape index (κ1) is 25.0. The maximum atomic E-state index is 14.5. The van der Waals surface area contributed by atoms with Gasteiger partial charge in [-0.25, -0.2) is 23.7 Å². The average molecular weight is 512 g/mol. The van der Waals surface area contributed by atoms with Gasteiger partial charge in [-0.15, -0.1) is 11.3 Å². The first-order valence-corrected chi connectivity index (χ1v) is 11.6. The number of hydrogen-bond donors (Lipinski definition) is 1. The van der Waals surface area contributed by atoms with E-state index in [4.69, 9.17) is 0 Å². The van der Waals surface area contributed by atoms with Gasteiger partial charge in [0.05, 0.1) is 28.9 Å². The quantitative estimate of drug-likeness (QED) is 0.457. The van der Waals surface area contributed by atoms with E-state index in [1.165, 1.54) is 0 Å². The first-order chi connectivity index (χ1) is 16.4. The van der Waals surface area contributed by atoms with Crippen LogP contribution in [0.25, 0.3) is 11.3 Å². The number of halogens is 5. The maximum Gasteiger partial charge on any atom is 0.419 e. The van der Waals surface area contributed by atoms with Gasteiger partial charge in [-0.1, -0.05) is 37.3 Å². The zero-order valence-corrected chi connectivity index (χ0v) is 19.6. The third kappa shape index (κ3) is 5.58. The van der Waals surface area contributed by atoms with Gasteiger partial charge in [-0.05, 0) is 12.8 Å². The minimum atomic E-state index is -4.57. The fourth-order valence-corrected chi connectivity index (χ4v) is 5.03. The van der Waals surface area contributed by atoms with Crippen LogP contribution in [0.2, 0.25) is 0 Å². The number of thiazole rings is 1. The molecule has 1 saturated heterocycles. The van der Waals surface area contributed by atoms with Gasteiger partial charge in [-0.3, -0.25) is 4.79 Å². The van der Waals surface area contributed by atoms with Crippen LogP contribution in [0.3, 0.4) is 0 Å². The normalized spacial score (nSPS) is 20.0. The Hall–Kier alpha value is -3.15. The van der Waals surface area contributed by atoms with Crippen molar-refractivity contribution in [2.45, 2.75) is 38.4 Å². The van der Waals surface area contributed by atoms with E-state index in [1.807, 2.05) is 6.07 Å². The summed E-state index contributed by atoms with van der Waals surface area (Å²) in [5.41, 5.74) is 0.127. The van der Waals surface area contributed by atoms with E-state index in [0.717, 1.165) is 16.2 Å². The van der Waals surface area contributed by atoms with Crippen LogP contribution in [0.15, 0.2) is 42.7 Å². The van der Waals surface area contributed by atoms with Crippen LogP contribution in [-0.4, -0.2) is 50.8 Å². The largest absolute Gasteiger partial charge is 0.419 e. The summed E-state index contributed by atoms with van der Waals surface area (Å²) in [6.07, 6.45) is -3.72. The summed E-state index contributed by atoms with van der Waals surface area (Å²) in [6, 6.07) is 8.33. The Bertz CT molecular complexity index is 1180. The van der Waals surface area contributed by atoms with E-state index in [0.29, 0.717) is 28.7 Å². The zero-order chi connectivity index (χ0) is 25.4. The van der Waals surface area contributed by atoms with Crippen LogP contribution in [0, 0.1) is 12.8 Å². The van der Waals surface area contributed by atoms with Crippen molar-refractivity contribution in [2.24, 2.45) is 5.92 Å². The van der Waals surface area contributed by atoms with Gasteiger partial charge in [0, 0.05) is 30.9 Å². The molecule has 2 atom stereocenters. The number of carbonyl (C=O) groups is 1. The summed E-state index contributed by atoms with van der Waals surface area (Å²) >= 11 is 1.13. The lowest BCUT2D eigenvalue weighted by atomic mass is 9.88. The number of nitrogens with one attached hydrogen (secondary N) is 1. The van der Waals surface area contributed by atoms with Gasteiger partial charge in [0.1, 0.15) is 4.88 Å². The third-order valence-corrected chi connectivity index (χ3v) is 6.72. The molecule has 1 aromatic carbocycles. The summed E-state index contributed by atoms with van der Waals surface area (Å²) < 4.78 is 67.4. The highest BCUT2D eigenvalue weighted by molar-refractivity contribution is 7.14. The number of rotatable bonds is 5. The fourth-order valence-electron chi connectivity index (χ4n) is 4.13. The van der Waals surface area contributed by atoms with Crippen LogP contribution in [0.4, 0.5) is 27.9 Å². The van der Waals surface area contributed by atoms with Crippen molar-refractivity contribution in [3.8, 4) is 11.3 Å². The Labute approximate surface area is 202 Å². The average Bonchev–Trinajstić information content (AvgIpc) is 3.19. The molecule has 0 radical (unpaired) electrons. The molecule has 2 aromatic heterocycles. The van der Waals surface area contributed by atoms with Gasteiger partial charge in [0.2, 0.25) is 5.95 Å². The molecule has 1 N–H and O–H groups in total. The number of hydrogen-bond acceptors (Lipinski definition) is 6. The van der Waals surface area contributed by atoms with Gasteiger partial charge in [-0.2, -0.15) is 13.2 Å². The van der Waals surface area contributed by atoms with Gasteiger partial charge in [0.15, 0.2) is 0 Å². The molecule has 1 fully saturated rings. The summed E-state index contributed by atoms with van der Waals surface area (Å²) in [5.74, 6) is -4.34. The zero-order valence-electron chi connectivity index (χ0n) is 18.8. The first-order valence-electron chi connectivity index (χ1n) is 10.8. The van der Waals surface area contributed by atoms with Crippen LogP contribution in [0.1, 0.15) is 33.6 Å². The molecule has 35 heavy (non-hydrogen) atoms. The van der Waals surface area contributed by atoms with E-state index in [9.17, 15) is 26.7 Å². The van der Waals surface area contributed by atoms with Crippen LogP contribution < -0.4 is 5.32 Å². The van der Waals surface area contributed by atoms with Gasteiger partial charge >= 0.3 is 6.18 Å². The summed E-state index contributed by atoms with van der Waals surface area (Å²) in [7, 11) is 0. The molecule has 0 aliphatic carbocycles. The number of nitrogens with zero attached hydrogens (tertiary/aromatic N) is 4. The number of benzene rings is 1. The van der Waals surface area contributed by atoms with Gasteiger partial charge in [0.25, 0.3) is 11.8 Å². The standard InChI is InChI=1S/C23H22F5N5OS/c1-13-8-22(24,25)12-33(17(13)11-31-21-29-9-16(10-30-21)23(26,27)28)20(34)19-18(32-14(2)35-19)15-6-4-3-5-7-15/h3-7,9-10,13,17H,8,11-12H2,1-2H3,(H,29,30,31)/t13-,17-/m1/s1. The molecule has 0 saturated carbocycles. The molecule has 0 spiro atoms. The second-order valence-corrected chi connectivity index (χ2v) is 9.69. The lowest BCUT2D eigenvalue weighted by molar-refractivity contribution is -0.138. The predicted octanol–water partition coefficient (Wildman–Crippen LogP) is 5.53. The Balaban J connectivity index is 1.60. The fraction of sp³-hybridized carbons (Fsp3) is 0.391. The summed E-state index contributed by atoms with van der Waals surface area (Å²) in [5, 5.41) is 3.42. The minimum Gasteiger partial charge on any atom is -0.352 e. The Morgan fingerprint density at radius 3 is 2.49 bits per heavy atom. The predicted molar refractivity (Wildman–Crippen MR) is 121 cm³/mol. The Morgan fingerprint density at radius 1 is 1.20 bits per heavy atom. The molecule has 6 nitrogen and oxygen atoms in total. The van der Waals surface area contributed by atoms with Crippen molar-refractivity contribution in [1.82, 2.24) is 19.9 Å². The van der Waals surface area contributed by atoms with E-state index in [1.54, 1.807) is 38.1 Å². The molecule has 0 bridgehead atoms. The van der Waals surface area contributed by atoms with E-state index >= 15 is 0 Å². The van der Waals surface area contributed by atoms with Crippen LogP contribution in [0.5, 0.6) is 0 Å². The van der Waals surface area contributed by atoms with E-state index in [-0.39, 0.29) is 17.4 Å². The van der Waals surface area contributed by atoms with Gasteiger partial charge < -0.3 is 10.2 Å². The second-order valence-electron chi connectivity index (χ2n) is 8.49. The van der Waals surface area contributed by atoms with Crippen LogP contribution >= 0.6 is 11.3 Å². The molecular formula is C23H22F5N5OS. The molecule has 1 aliphatic rings. The number of alkyl halides is 5. The topological polar surface area (TPSA) is 71.0 Å². The molecule has 3 aromatic rings. The molecule has 12 heteroatoms. The van der Waals surface area contributed by atoms with Crippen molar-refractivity contribution >= 4 is 23.2 Å². The molecule has 1 amide bonds. The van der Waals surface area contributed by atoms with Crippen molar-refractivity contribution in [1.29, 1.82) is 0 Å². The highest BCUT2D eigenvalue weighted by atomic mass is 32.1. The second kappa shape index (κ2) is 9.48. The van der Waals surface area contributed by atoms with Crippen molar-refractivity contribution in [2.75, 3.05) is 18.4 Å². The molecule has 3 heterocycles.